The van der Waals surface area contributed by atoms with E-state index >= 15 is 0 Å². The molecule has 0 bridgehead atoms. The minimum absolute atomic E-state index is 0.00581. The molecule has 0 fully saturated rings. The Morgan fingerprint density at radius 1 is 1.09 bits per heavy atom. The molecule has 0 saturated carbocycles. The summed E-state index contributed by atoms with van der Waals surface area (Å²) in [6.45, 7) is 3.22. The number of aryl methyl sites for hydroxylation is 1. The normalized spacial score (nSPS) is 13.0. The molecule has 0 spiro atoms. The molecule has 4 heterocycles. The number of nitrogens with zero attached hydrogens (tertiary/aromatic N) is 6. The van der Waals surface area contributed by atoms with E-state index in [2.05, 4.69) is 32.3 Å². The second-order valence-electron chi connectivity index (χ2n) is 10.3. The van der Waals surface area contributed by atoms with Crippen LogP contribution in [0.2, 0.25) is 0 Å². The Bertz CT molecular complexity index is 2210. The summed E-state index contributed by atoms with van der Waals surface area (Å²) in [6.07, 6.45) is 6.50. The predicted octanol–water partition coefficient (Wildman–Crippen LogP) is 0.514. The van der Waals surface area contributed by atoms with Crippen molar-refractivity contribution in [2.45, 2.75) is 19.9 Å². The molecule has 0 saturated heterocycles. The van der Waals surface area contributed by atoms with Crippen LogP contribution in [0.4, 0.5) is 5.82 Å². The summed E-state index contributed by atoms with van der Waals surface area (Å²) in [4.78, 5) is 32.1. The van der Waals surface area contributed by atoms with Gasteiger partial charge in [-0.15, -0.1) is 0 Å². The number of rotatable bonds is 6. The van der Waals surface area contributed by atoms with E-state index < -0.39 is 17.5 Å². The molecule has 15 heteroatoms. The molecule has 5 rings (SSSR count). The van der Waals surface area contributed by atoms with Crippen LogP contribution in [0, 0.1) is 11.8 Å². The molecule has 1 amide bonds. The van der Waals surface area contributed by atoms with Gasteiger partial charge in [-0.1, -0.05) is 0 Å². The Kier molecular flexibility index (Phi) is 8.60. The van der Waals surface area contributed by atoms with Crippen molar-refractivity contribution in [3.8, 4) is 11.8 Å². The fourth-order valence-corrected chi connectivity index (χ4v) is 4.76. The maximum absolute atomic E-state index is 14.3. The number of carbonyl (C=O) groups is 1. The maximum atomic E-state index is 14.3. The number of fused-ring (bicyclic) bond motifs is 2. The Morgan fingerprint density at radius 3 is 2.53 bits per heavy atom. The third-order valence-electron chi connectivity index (χ3n) is 7.08. The number of hydrogen-bond acceptors (Lipinski definition) is 6. The number of carbonyl (C=O) groups excluding carboxylic acids is 1. The van der Waals surface area contributed by atoms with E-state index in [4.69, 9.17) is 44.6 Å². The van der Waals surface area contributed by atoms with Crippen LogP contribution in [0.5, 0.6) is 0 Å². The summed E-state index contributed by atoms with van der Waals surface area (Å²) in [5, 5.41) is 12.0. The van der Waals surface area contributed by atoms with Gasteiger partial charge in [-0.05, 0) is 0 Å². The average Bonchev–Trinajstić information content (AvgIpc) is 3.59. The number of aromatic nitrogens is 6. The Labute approximate surface area is 265 Å². The van der Waals surface area contributed by atoms with Crippen LogP contribution >= 0.6 is 0 Å². The van der Waals surface area contributed by atoms with E-state index in [1.807, 2.05) is 0 Å². The molecule has 0 aliphatic carbocycles. The van der Waals surface area contributed by atoms with Crippen molar-refractivity contribution in [2.75, 3.05) is 5.73 Å². The van der Waals surface area contributed by atoms with Crippen LogP contribution in [-0.4, -0.2) is 79.3 Å². The molecular weight excluding hydrogens is 558 g/mol. The average molecular weight is 581 g/mol. The number of nitrogen functional groups attached to an aromatic ring is 1. The number of pyridine rings is 1. The topological polar surface area (TPSA) is 125 Å². The zero-order valence-electron chi connectivity index (χ0n) is 24.7. The molecule has 1 atom stereocenters. The molecule has 3 N–H and O–H groups in total. The van der Waals surface area contributed by atoms with Crippen LogP contribution in [-0.2, 0) is 7.05 Å². The van der Waals surface area contributed by atoms with Crippen molar-refractivity contribution in [3.63, 3.8) is 0 Å². The van der Waals surface area contributed by atoms with Crippen molar-refractivity contribution in [3.05, 3.63) is 110 Å². The predicted molar refractivity (Wildman–Crippen MR) is 180 cm³/mol. The van der Waals surface area contributed by atoms with Crippen LogP contribution in [0.1, 0.15) is 47.1 Å². The summed E-state index contributed by atoms with van der Waals surface area (Å²) in [5.74, 6) is 5.49. The van der Waals surface area contributed by atoms with Gasteiger partial charge in [0.2, 0.25) is 0 Å². The monoisotopic (exact) mass is 581 g/mol. The van der Waals surface area contributed by atoms with Gasteiger partial charge in [0.15, 0.2) is 0 Å². The van der Waals surface area contributed by atoms with Gasteiger partial charge in [-0.25, -0.2) is 0 Å². The van der Waals surface area contributed by atoms with Crippen molar-refractivity contribution >= 4 is 72.6 Å². The summed E-state index contributed by atoms with van der Waals surface area (Å²) >= 11 is 0. The summed E-state index contributed by atoms with van der Waals surface area (Å²) in [7, 11) is 32.7. The summed E-state index contributed by atoms with van der Waals surface area (Å²) in [5.41, 5.74) is 6.90. The molecule has 0 unspecified atom stereocenters. The number of anilines is 1. The van der Waals surface area contributed by atoms with Gasteiger partial charge in [0.05, 0.1) is 0 Å². The van der Waals surface area contributed by atoms with E-state index in [0.29, 0.717) is 16.5 Å². The van der Waals surface area contributed by atoms with E-state index in [1.165, 1.54) is 15.3 Å². The van der Waals surface area contributed by atoms with Crippen LogP contribution in [0.15, 0.2) is 81.8 Å². The summed E-state index contributed by atoms with van der Waals surface area (Å²) < 4.78 is 4.19. The number of amides is 1. The molecule has 5 aromatic rings. The molecule has 4 aromatic heterocycles. The molecular formula is C30H22B5N8O2. The van der Waals surface area contributed by atoms with Gasteiger partial charge in [-0.3, -0.25) is 0 Å². The minimum atomic E-state index is -0.825. The number of nitrogens with one attached hydrogen (secondary N) is 1. The third-order valence-corrected chi connectivity index (χ3v) is 7.08. The number of hydrogen-bond donors (Lipinski definition) is 2. The number of allylic oxidation sites excluding steroid dienone is 4. The molecule has 209 valence electrons. The third kappa shape index (κ3) is 5.96. The van der Waals surface area contributed by atoms with Gasteiger partial charge < -0.3 is 0 Å². The fraction of sp³-hybridized carbons (Fsp3) is 0.133. The Morgan fingerprint density at radius 2 is 1.84 bits per heavy atom. The zero-order valence-corrected chi connectivity index (χ0v) is 24.7. The van der Waals surface area contributed by atoms with Gasteiger partial charge in [-0.2, -0.15) is 0 Å². The number of nitrogens with two attached hydrogens (primary N) is 1. The van der Waals surface area contributed by atoms with Crippen LogP contribution in [0.3, 0.4) is 0 Å². The summed E-state index contributed by atoms with van der Waals surface area (Å²) in [6, 6.07) is 7.78. The standard InChI is InChI=1S/C30H22B5N8O2/c1-15(31)23(32)24(33)25(34)26(35)43-20(16(2)39-29(44)22-27(36)40-42-11-5-10-37-28(22)42)12-19-7-4-6-18(21(19)30(43)45)9-8-17-13-38-41(3)14-17/h4-7,10-14,16H,1-3H3,(H2,36,40)(H,39,44)/b23-15-,25-24-/t16-/m0/s1. The van der Waals surface area contributed by atoms with E-state index in [-0.39, 0.29) is 55.6 Å². The first kappa shape index (κ1) is 31.2. The second-order valence-corrected chi connectivity index (χ2v) is 10.3. The fourth-order valence-electron chi connectivity index (χ4n) is 4.76. The molecule has 10 nitrogen and oxygen atoms in total. The second kappa shape index (κ2) is 12.4. The molecule has 45 heavy (non-hydrogen) atoms. The molecule has 9 radical (unpaired) electrons. The van der Waals surface area contributed by atoms with Crippen molar-refractivity contribution in [1.82, 2.24) is 34.3 Å². The SMILES string of the molecule is [B]/C(C)=C([B])/C([B])=C(/[B])C(=[B])n1c([C@H](C)NC(=O)c2c(N)nn3cccnc23)cc2cccc(C#Cc3cnn(C)c3)c2c1=O. The van der Waals surface area contributed by atoms with Crippen molar-refractivity contribution in [2.24, 2.45) is 7.05 Å². The zero-order chi connectivity index (χ0) is 32.6. The van der Waals surface area contributed by atoms with Crippen LogP contribution < -0.4 is 16.6 Å². The molecule has 0 aliphatic rings. The van der Waals surface area contributed by atoms with E-state index in [0.717, 1.165) is 0 Å². The first-order valence-corrected chi connectivity index (χ1v) is 13.6. The first-order chi connectivity index (χ1) is 21.4. The van der Waals surface area contributed by atoms with Gasteiger partial charge >= 0.3 is 266 Å². The van der Waals surface area contributed by atoms with E-state index in [1.54, 1.807) is 74.5 Å². The van der Waals surface area contributed by atoms with Crippen molar-refractivity contribution in [1.29, 1.82) is 0 Å². The quantitative estimate of drug-likeness (QED) is 0.171. The van der Waals surface area contributed by atoms with Gasteiger partial charge in [0.25, 0.3) is 0 Å². The first-order valence-electron chi connectivity index (χ1n) is 13.6. The molecule has 0 aliphatic heterocycles. The molecule has 1 aromatic carbocycles. The van der Waals surface area contributed by atoms with Crippen molar-refractivity contribution < 1.29 is 4.79 Å². The Hall–Kier alpha value is -5.24. The Balaban J connectivity index is 1.69. The number of benzene rings is 1. The van der Waals surface area contributed by atoms with Gasteiger partial charge in [0, 0.05) is 0 Å². The van der Waals surface area contributed by atoms with E-state index in [9.17, 15) is 9.59 Å². The van der Waals surface area contributed by atoms with Crippen LogP contribution in [0.25, 0.3) is 16.4 Å². The van der Waals surface area contributed by atoms with Gasteiger partial charge in [0.1, 0.15) is 0 Å².